The second-order valence-electron chi connectivity index (χ2n) is 8.09. The Morgan fingerprint density at radius 1 is 1.36 bits per heavy atom. The molecule has 1 aromatic heterocycles. The summed E-state index contributed by atoms with van der Waals surface area (Å²) in [7, 11) is 1.29. The van der Waals surface area contributed by atoms with Crippen LogP contribution in [0.25, 0.3) is 0 Å². The van der Waals surface area contributed by atoms with Crippen LogP contribution in [-0.4, -0.2) is 62.7 Å². The molecule has 8 heteroatoms. The number of nitrogens with zero attached hydrogens (tertiary/aromatic N) is 4. The van der Waals surface area contributed by atoms with Crippen LogP contribution in [-0.2, 0) is 14.3 Å². The molecule has 3 atom stereocenters. The highest BCUT2D eigenvalue weighted by Crippen LogP contribution is 2.40. The first-order valence-corrected chi connectivity index (χ1v) is 8.70. The van der Waals surface area contributed by atoms with E-state index < -0.39 is 29.6 Å². The summed E-state index contributed by atoms with van der Waals surface area (Å²) in [4.78, 5) is 26.7. The predicted octanol–water partition coefficient (Wildman–Crippen LogP) is 0.877. The lowest BCUT2D eigenvalue weighted by Gasteiger charge is -2.34. The molecule has 8 nitrogen and oxygen atoms in total. The van der Waals surface area contributed by atoms with E-state index in [-0.39, 0.29) is 18.9 Å². The van der Waals surface area contributed by atoms with Gasteiger partial charge >= 0.3 is 5.97 Å². The van der Waals surface area contributed by atoms with Gasteiger partial charge in [-0.1, -0.05) is 26.0 Å². The van der Waals surface area contributed by atoms with Gasteiger partial charge in [0.05, 0.1) is 18.9 Å². The van der Waals surface area contributed by atoms with E-state index in [9.17, 15) is 14.7 Å². The summed E-state index contributed by atoms with van der Waals surface area (Å²) in [6, 6.07) is -1.37. The maximum absolute atomic E-state index is 13.3. The molecule has 2 unspecified atom stereocenters. The van der Waals surface area contributed by atoms with Gasteiger partial charge in [0.25, 0.3) is 0 Å². The van der Waals surface area contributed by atoms with Gasteiger partial charge in [-0.15, -0.1) is 5.10 Å². The first kappa shape index (κ1) is 17.8. The van der Waals surface area contributed by atoms with Crippen molar-refractivity contribution in [2.24, 2.45) is 5.41 Å². The van der Waals surface area contributed by atoms with E-state index >= 15 is 0 Å². The number of hydrogen-bond acceptors (Lipinski definition) is 6. The van der Waals surface area contributed by atoms with Crippen LogP contribution in [0.2, 0.25) is 0 Å². The number of carbonyl (C=O) groups is 2. The van der Waals surface area contributed by atoms with Gasteiger partial charge in [0.2, 0.25) is 5.91 Å². The van der Waals surface area contributed by atoms with Crippen molar-refractivity contribution in [1.82, 2.24) is 19.9 Å². The van der Waals surface area contributed by atoms with E-state index in [0.29, 0.717) is 5.92 Å². The number of likely N-dealkylation sites (tertiary alicyclic amines) is 1. The Hall–Kier alpha value is -1.96. The van der Waals surface area contributed by atoms with Gasteiger partial charge in [-0.2, -0.15) is 0 Å². The second kappa shape index (κ2) is 6.40. The zero-order valence-electron chi connectivity index (χ0n) is 15.2. The Morgan fingerprint density at radius 3 is 2.60 bits per heavy atom. The van der Waals surface area contributed by atoms with Crippen LogP contribution in [0.5, 0.6) is 0 Å². The molecule has 2 fully saturated rings. The number of aliphatic hydroxyl groups excluding tert-OH is 1. The number of carbonyl (C=O) groups excluding carboxylic acids is 2. The third kappa shape index (κ3) is 3.53. The van der Waals surface area contributed by atoms with Crippen molar-refractivity contribution < 1.29 is 19.4 Å². The molecule has 3 rings (SSSR count). The van der Waals surface area contributed by atoms with E-state index in [4.69, 9.17) is 4.74 Å². The Kier molecular flexibility index (Phi) is 4.57. The van der Waals surface area contributed by atoms with E-state index in [1.165, 1.54) is 12.0 Å². The van der Waals surface area contributed by atoms with Crippen molar-refractivity contribution >= 4 is 11.9 Å². The van der Waals surface area contributed by atoms with Crippen LogP contribution < -0.4 is 0 Å². The van der Waals surface area contributed by atoms with Crippen LogP contribution in [0, 0.1) is 5.41 Å². The zero-order chi connectivity index (χ0) is 18.4. The lowest BCUT2D eigenvalue weighted by molar-refractivity contribution is -0.153. The lowest BCUT2D eigenvalue weighted by Crippen LogP contribution is -2.48. The Morgan fingerprint density at radius 2 is 2.04 bits per heavy atom. The zero-order valence-corrected chi connectivity index (χ0v) is 15.2. The molecule has 0 bridgehead atoms. The van der Waals surface area contributed by atoms with Gasteiger partial charge < -0.3 is 14.7 Å². The number of rotatable bonds is 4. The summed E-state index contributed by atoms with van der Waals surface area (Å²) in [5.74, 6) is -0.303. The molecule has 0 radical (unpaired) electrons. The molecular formula is C17H26N4O4. The Balaban J connectivity index is 1.89. The molecule has 1 amide bonds. The number of ether oxygens (including phenoxy) is 1. The quantitative estimate of drug-likeness (QED) is 0.810. The highest BCUT2D eigenvalue weighted by molar-refractivity contribution is 5.87. The van der Waals surface area contributed by atoms with E-state index in [1.54, 1.807) is 4.68 Å². The molecule has 2 aliphatic rings. The summed E-state index contributed by atoms with van der Waals surface area (Å²) in [5.41, 5.74) is 0.479. The van der Waals surface area contributed by atoms with Crippen LogP contribution in [0.3, 0.4) is 0 Å². The van der Waals surface area contributed by atoms with Crippen LogP contribution >= 0.6 is 0 Å². The van der Waals surface area contributed by atoms with E-state index in [0.717, 1.165) is 18.5 Å². The Labute approximate surface area is 147 Å². The summed E-state index contributed by atoms with van der Waals surface area (Å²) < 4.78 is 6.41. The molecule has 0 aromatic carbocycles. The highest BCUT2D eigenvalue weighted by Gasteiger charge is 2.45. The second-order valence-corrected chi connectivity index (χ2v) is 8.09. The normalized spacial score (nSPS) is 25.1. The average Bonchev–Trinajstić information content (AvgIpc) is 3.15. The van der Waals surface area contributed by atoms with Crippen LogP contribution in [0.4, 0.5) is 0 Å². The summed E-state index contributed by atoms with van der Waals surface area (Å²) in [6.45, 7) is 5.98. The molecule has 1 aliphatic heterocycles. The number of aromatic nitrogens is 3. The van der Waals surface area contributed by atoms with Crippen molar-refractivity contribution in [2.75, 3.05) is 13.7 Å². The topological polar surface area (TPSA) is 97.6 Å². The summed E-state index contributed by atoms with van der Waals surface area (Å²) in [6.07, 6.45) is 3.52. The molecular weight excluding hydrogens is 324 g/mol. The molecule has 0 spiro atoms. The number of amides is 1. The van der Waals surface area contributed by atoms with Crippen molar-refractivity contribution in [3.8, 4) is 0 Å². The first-order valence-electron chi connectivity index (χ1n) is 8.70. The monoisotopic (exact) mass is 350 g/mol. The van der Waals surface area contributed by atoms with Crippen molar-refractivity contribution in [2.45, 2.75) is 64.1 Å². The number of aliphatic hydroxyl groups is 1. The Bertz CT molecular complexity index is 662. The molecule has 2 heterocycles. The molecule has 1 saturated heterocycles. The maximum atomic E-state index is 13.3. The number of β-amino-alcohol motifs (C(OH)–C–C–N with tert-alkyl or cyclic N) is 1. The highest BCUT2D eigenvalue weighted by atomic mass is 16.5. The average molecular weight is 350 g/mol. The minimum absolute atomic E-state index is 0.120. The van der Waals surface area contributed by atoms with E-state index in [2.05, 4.69) is 10.3 Å². The molecule has 1 N–H and O–H groups in total. The van der Waals surface area contributed by atoms with Crippen molar-refractivity contribution in [1.29, 1.82) is 0 Å². The number of esters is 1. The SMILES string of the molecule is COC(=O)C1CC(O)CN1C(=O)[C@H](n1cc(C2CC2)nn1)C(C)(C)C. The maximum Gasteiger partial charge on any atom is 0.328 e. The van der Waals surface area contributed by atoms with Gasteiger partial charge in [0, 0.05) is 25.1 Å². The predicted molar refractivity (Wildman–Crippen MR) is 88.6 cm³/mol. The lowest BCUT2D eigenvalue weighted by atomic mass is 9.85. The van der Waals surface area contributed by atoms with E-state index in [1.807, 2.05) is 27.0 Å². The van der Waals surface area contributed by atoms with Crippen LogP contribution in [0.15, 0.2) is 6.20 Å². The number of methoxy groups -OCH3 is 1. The molecule has 1 saturated carbocycles. The minimum Gasteiger partial charge on any atom is -0.467 e. The van der Waals surface area contributed by atoms with Gasteiger partial charge in [-0.25, -0.2) is 9.48 Å². The summed E-state index contributed by atoms with van der Waals surface area (Å²) >= 11 is 0. The van der Waals surface area contributed by atoms with Gasteiger partial charge in [0.1, 0.15) is 12.1 Å². The third-order valence-electron chi connectivity index (χ3n) is 4.88. The molecule has 1 aliphatic carbocycles. The van der Waals surface area contributed by atoms with Gasteiger partial charge in [-0.05, 0) is 18.3 Å². The fraction of sp³-hybridized carbons (Fsp3) is 0.765. The van der Waals surface area contributed by atoms with Crippen molar-refractivity contribution in [3.05, 3.63) is 11.9 Å². The minimum atomic E-state index is -0.760. The first-order chi connectivity index (χ1) is 11.7. The standard InChI is InChI=1S/C17H26N4O4/c1-17(2,3)14(21-9-12(18-19-21)10-5-6-10)15(23)20-8-11(22)7-13(20)16(24)25-4/h9-11,13-14,22H,5-8H2,1-4H3/t11?,13?,14-/m0/s1. The van der Waals surface area contributed by atoms with Crippen molar-refractivity contribution in [3.63, 3.8) is 0 Å². The summed E-state index contributed by atoms with van der Waals surface area (Å²) in [5, 5.41) is 18.4. The fourth-order valence-corrected chi connectivity index (χ4v) is 3.44. The third-order valence-corrected chi connectivity index (χ3v) is 4.88. The molecule has 138 valence electrons. The largest absolute Gasteiger partial charge is 0.467 e. The van der Waals surface area contributed by atoms with Crippen LogP contribution in [0.1, 0.15) is 57.7 Å². The van der Waals surface area contributed by atoms with Gasteiger partial charge in [0.15, 0.2) is 0 Å². The molecule has 1 aromatic rings. The smallest absolute Gasteiger partial charge is 0.328 e. The number of hydrogen-bond donors (Lipinski definition) is 1. The molecule has 25 heavy (non-hydrogen) atoms. The fourth-order valence-electron chi connectivity index (χ4n) is 3.44. The van der Waals surface area contributed by atoms with Gasteiger partial charge in [-0.3, -0.25) is 4.79 Å².